The van der Waals surface area contributed by atoms with Crippen molar-refractivity contribution in [2.24, 2.45) is 0 Å². The van der Waals surface area contributed by atoms with E-state index in [1.54, 1.807) is 0 Å². The van der Waals surface area contributed by atoms with Crippen molar-refractivity contribution in [3.8, 4) is 33.4 Å². The van der Waals surface area contributed by atoms with Crippen molar-refractivity contribution in [1.29, 1.82) is 0 Å². The first-order chi connectivity index (χ1) is 32.0. The summed E-state index contributed by atoms with van der Waals surface area (Å²) in [5.41, 5.74) is 21.6. The number of nitrogens with zero attached hydrogens (tertiary/aromatic N) is 2. The van der Waals surface area contributed by atoms with Crippen molar-refractivity contribution < 1.29 is 0 Å². The molecule has 0 atom stereocenters. The van der Waals surface area contributed by atoms with Gasteiger partial charge in [-0.25, -0.2) is 0 Å². The fraction of sp³-hybridized carbons (Fsp3) is 0.0794. The third-order valence-electron chi connectivity index (χ3n) is 13.3. The smallest absolute Gasteiger partial charge is 0.0543 e. The SMILES string of the molecule is CC1(C)c2ccccc2-c2cc(-c3ccc(N(c4ccccc4)c4ccccc4)cc3)c(N(c3ccc(C4=CCCC=C4c4ccccc4)cc3)c3cccc(-c4ccccc4)c3)cc21. The predicted octanol–water partition coefficient (Wildman–Crippen LogP) is 17.5. The van der Waals surface area contributed by atoms with Crippen LogP contribution in [0, 0.1) is 0 Å². The summed E-state index contributed by atoms with van der Waals surface area (Å²) >= 11 is 0. The quantitative estimate of drug-likeness (QED) is 0.135. The number of fused-ring (bicyclic) bond motifs is 3. The molecule has 0 radical (unpaired) electrons. The number of para-hydroxylation sites is 2. The van der Waals surface area contributed by atoms with Crippen molar-refractivity contribution in [2.45, 2.75) is 32.1 Å². The molecule has 0 spiro atoms. The zero-order valence-electron chi connectivity index (χ0n) is 36.9. The van der Waals surface area contributed by atoms with E-state index in [1.165, 1.54) is 61.2 Å². The van der Waals surface area contributed by atoms with Gasteiger partial charge in [0.05, 0.1) is 5.69 Å². The van der Waals surface area contributed by atoms with E-state index in [9.17, 15) is 0 Å². The highest BCUT2D eigenvalue weighted by atomic mass is 15.1. The number of hydrogen-bond donors (Lipinski definition) is 0. The Bertz CT molecular complexity index is 3140. The molecule has 0 bridgehead atoms. The molecule has 2 heteroatoms. The molecule has 0 heterocycles. The molecule has 0 saturated heterocycles. The molecular formula is C63H50N2. The van der Waals surface area contributed by atoms with Crippen LogP contribution in [-0.2, 0) is 5.41 Å². The topological polar surface area (TPSA) is 6.48 Å². The third-order valence-corrected chi connectivity index (χ3v) is 13.3. The molecule has 11 rings (SSSR count). The van der Waals surface area contributed by atoms with Gasteiger partial charge in [-0.05, 0) is 147 Å². The lowest BCUT2D eigenvalue weighted by Crippen LogP contribution is -2.17. The molecule has 0 unspecified atom stereocenters. The van der Waals surface area contributed by atoms with Crippen LogP contribution in [0.3, 0.4) is 0 Å². The van der Waals surface area contributed by atoms with Gasteiger partial charge in [0.2, 0.25) is 0 Å². The lowest BCUT2D eigenvalue weighted by molar-refractivity contribution is 0.660. The summed E-state index contributed by atoms with van der Waals surface area (Å²) in [4.78, 5) is 4.82. The Balaban J connectivity index is 1.10. The van der Waals surface area contributed by atoms with E-state index in [0.717, 1.165) is 52.5 Å². The molecule has 0 aliphatic heterocycles. The minimum absolute atomic E-state index is 0.190. The maximum Gasteiger partial charge on any atom is 0.0543 e. The lowest BCUT2D eigenvalue weighted by Gasteiger charge is -2.31. The number of rotatable bonds is 10. The molecule has 65 heavy (non-hydrogen) atoms. The molecule has 0 amide bonds. The molecule has 0 saturated carbocycles. The van der Waals surface area contributed by atoms with E-state index in [2.05, 4.69) is 266 Å². The standard InChI is InChI=1S/C63H50N2/c1-63(2)60-33-18-17-32-57(60)59-43-58(48-36-38-52(39-37-48)64(50-25-11-5-12-26-50)51-27-13-6-14-28-51)62(44-61(59)63)65(54-29-19-24-49(42-54)45-20-7-3-8-21-45)53-40-34-47(35-41-53)56-31-16-15-30-55(56)46-22-9-4-10-23-46/h3-14,17-44H,15-16H2,1-2H3. The molecule has 2 aliphatic rings. The van der Waals surface area contributed by atoms with Crippen LogP contribution in [0.25, 0.3) is 44.5 Å². The molecule has 9 aromatic rings. The van der Waals surface area contributed by atoms with Crippen molar-refractivity contribution in [1.82, 2.24) is 0 Å². The number of allylic oxidation sites excluding steroid dienone is 4. The van der Waals surface area contributed by atoms with Crippen molar-refractivity contribution >= 4 is 45.3 Å². The van der Waals surface area contributed by atoms with Gasteiger partial charge in [-0.3, -0.25) is 0 Å². The highest BCUT2D eigenvalue weighted by Crippen LogP contribution is 2.54. The van der Waals surface area contributed by atoms with Gasteiger partial charge < -0.3 is 9.80 Å². The van der Waals surface area contributed by atoms with Gasteiger partial charge in [-0.1, -0.05) is 184 Å². The largest absolute Gasteiger partial charge is 0.311 e. The van der Waals surface area contributed by atoms with Crippen molar-refractivity contribution in [3.05, 3.63) is 265 Å². The maximum atomic E-state index is 2.49. The molecule has 9 aromatic carbocycles. The maximum absolute atomic E-state index is 2.49. The summed E-state index contributed by atoms with van der Waals surface area (Å²) in [5, 5.41) is 0. The molecule has 0 aromatic heterocycles. The van der Waals surface area contributed by atoms with E-state index in [1.807, 2.05) is 0 Å². The summed E-state index contributed by atoms with van der Waals surface area (Å²) in [5.74, 6) is 0. The van der Waals surface area contributed by atoms with Gasteiger partial charge >= 0.3 is 0 Å². The van der Waals surface area contributed by atoms with Crippen LogP contribution in [-0.4, -0.2) is 0 Å². The van der Waals surface area contributed by atoms with E-state index < -0.39 is 0 Å². The molecule has 312 valence electrons. The van der Waals surface area contributed by atoms with Gasteiger partial charge in [0.15, 0.2) is 0 Å². The van der Waals surface area contributed by atoms with Crippen LogP contribution in [0.5, 0.6) is 0 Å². The average molecular weight is 835 g/mol. The number of anilines is 6. The third kappa shape index (κ3) is 7.47. The average Bonchev–Trinajstić information content (AvgIpc) is 3.60. The fourth-order valence-electron chi connectivity index (χ4n) is 10.1. The second-order valence-electron chi connectivity index (χ2n) is 17.6. The summed E-state index contributed by atoms with van der Waals surface area (Å²) in [6.45, 7) is 4.76. The molecule has 0 fully saturated rings. The van der Waals surface area contributed by atoms with Gasteiger partial charge in [0.25, 0.3) is 0 Å². The Kier molecular flexibility index (Phi) is 10.4. The Morgan fingerprint density at radius 3 is 1.38 bits per heavy atom. The Hall–Kier alpha value is -7.94. The second kappa shape index (κ2) is 17.0. The summed E-state index contributed by atoms with van der Waals surface area (Å²) in [6, 6.07) is 84.2. The van der Waals surface area contributed by atoms with Crippen LogP contribution >= 0.6 is 0 Å². The van der Waals surface area contributed by atoms with E-state index in [4.69, 9.17) is 0 Å². The Morgan fingerprint density at radius 1 is 0.308 bits per heavy atom. The Morgan fingerprint density at radius 2 is 0.769 bits per heavy atom. The zero-order chi connectivity index (χ0) is 43.7. The van der Waals surface area contributed by atoms with Crippen molar-refractivity contribution in [2.75, 3.05) is 9.80 Å². The summed E-state index contributed by atoms with van der Waals surface area (Å²) in [7, 11) is 0. The van der Waals surface area contributed by atoms with Crippen LogP contribution < -0.4 is 9.80 Å². The molecular weight excluding hydrogens is 785 g/mol. The van der Waals surface area contributed by atoms with Gasteiger partial charge in [0.1, 0.15) is 0 Å². The van der Waals surface area contributed by atoms with Crippen LogP contribution in [0.4, 0.5) is 34.1 Å². The second-order valence-corrected chi connectivity index (χ2v) is 17.6. The summed E-state index contributed by atoms with van der Waals surface area (Å²) < 4.78 is 0. The molecule has 2 nitrogen and oxygen atoms in total. The van der Waals surface area contributed by atoms with Gasteiger partial charge in [-0.2, -0.15) is 0 Å². The van der Waals surface area contributed by atoms with Gasteiger partial charge in [0, 0.05) is 39.4 Å². The normalized spacial score (nSPS) is 13.6. The molecule has 2 aliphatic carbocycles. The highest BCUT2D eigenvalue weighted by Gasteiger charge is 2.37. The lowest BCUT2D eigenvalue weighted by atomic mass is 9.81. The Labute approximate surface area is 383 Å². The van der Waals surface area contributed by atoms with E-state index in [-0.39, 0.29) is 5.41 Å². The predicted molar refractivity (Wildman–Crippen MR) is 276 cm³/mol. The minimum Gasteiger partial charge on any atom is -0.311 e. The number of benzene rings is 9. The summed E-state index contributed by atoms with van der Waals surface area (Å²) in [6.07, 6.45) is 6.91. The number of hydrogen-bond acceptors (Lipinski definition) is 2. The monoisotopic (exact) mass is 834 g/mol. The van der Waals surface area contributed by atoms with E-state index >= 15 is 0 Å². The van der Waals surface area contributed by atoms with E-state index in [0.29, 0.717) is 0 Å². The van der Waals surface area contributed by atoms with Gasteiger partial charge in [-0.15, -0.1) is 0 Å². The van der Waals surface area contributed by atoms with Crippen molar-refractivity contribution in [3.63, 3.8) is 0 Å². The first-order valence-electron chi connectivity index (χ1n) is 22.8. The highest BCUT2D eigenvalue weighted by molar-refractivity contribution is 6.06. The van der Waals surface area contributed by atoms with Crippen LogP contribution in [0.1, 0.15) is 48.9 Å². The first kappa shape index (κ1) is 39.9. The first-order valence-corrected chi connectivity index (χ1v) is 22.8. The van der Waals surface area contributed by atoms with Crippen LogP contribution in [0.2, 0.25) is 0 Å². The zero-order valence-corrected chi connectivity index (χ0v) is 36.9. The van der Waals surface area contributed by atoms with Crippen LogP contribution in [0.15, 0.2) is 243 Å². The minimum atomic E-state index is -0.190. The molecule has 0 N–H and O–H groups in total. The fourth-order valence-corrected chi connectivity index (χ4v) is 10.1.